The van der Waals surface area contributed by atoms with E-state index in [2.05, 4.69) is 11.9 Å². The largest absolute Gasteiger partial charge is 0.478 e. The van der Waals surface area contributed by atoms with Crippen LogP contribution < -0.4 is 0 Å². The number of rotatable bonds is 4. The number of carbonyl (C=O) groups is 2. The molecule has 1 aromatic carbocycles. The van der Waals surface area contributed by atoms with Crippen molar-refractivity contribution in [2.24, 2.45) is 5.92 Å². The molecule has 0 unspecified atom stereocenters. The topological polar surface area (TPSA) is 60.9 Å². The molecule has 2 rings (SSSR count). The van der Waals surface area contributed by atoms with Gasteiger partial charge in [-0.05, 0) is 57.1 Å². The Morgan fingerprint density at radius 2 is 1.90 bits per heavy atom. The Hall–Kier alpha value is -1.88. The molecule has 0 saturated carbocycles. The number of carboxylic acid groups (broad SMARTS) is 1. The van der Waals surface area contributed by atoms with E-state index in [1.807, 2.05) is 0 Å². The Morgan fingerprint density at radius 1 is 1.29 bits per heavy atom. The summed E-state index contributed by atoms with van der Waals surface area (Å²) in [6, 6.07) is 6.21. The van der Waals surface area contributed by atoms with Gasteiger partial charge in [0.15, 0.2) is 0 Å². The van der Waals surface area contributed by atoms with Crippen molar-refractivity contribution < 1.29 is 14.7 Å². The molecule has 1 fully saturated rings. The summed E-state index contributed by atoms with van der Waals surface area (Å²) in [5.74, 6) is -0.600. The molecular weight excluding hydrogens is 268 g/mol. The van der Waals surface area contributed by atoms with Crippen molar-refractivity contribution >= 4 is 11.9 Å². The van der Waals surface area contributed by atoms with E-state index in [1.54, 1.807) is 24.1 Å². The van der Waals surface area contributed by atoms with Crippen LogP contribution in [0.25, 0.3) is 0 Å². The van der Waals surface area contributed by atoms with Crippen LogP contribution in [-0.4, -0.2) is 60.5 Å². The minimum atomic E-state index is -1.01. The predicted molar refractivity (Wildman–Crippen MR) is 80.6 cm³/mol. The normalized spacial score (nSPS) is 16.7. The first kappa shape index (κ1) is 15.5. The van der Waals surface area contributed by atoms with Gasteiger partial charge in [0.05, 0.1) is 5.56 Å². The van der Waals surface area contributed by atoms with Crippen LogP contribution in [0.5, 0.6) is 0 Å². The Morgan fingerprint density at radius 3 is 2.52 bits per heavy atom. The van der Waals surface area contributed by atoms with E-state index in [9.17, 15) is 9.59 Å². The lowest BCUT2D eigenvalue weighted by Gasteiger charge is -2.31. The van der Waals surface area contributed by atoms with Crippen LogP contribution in [0.15, 0.2) is 24.3 Å². The summed E-state index contributed by atoms with van der Waals surface area (Å²) in [5, 5.41) is 8.99. The van der Waals surface area contributed by atoms with Crippen LogP contribution in [0.1, 0.15) is 33.6 Å². The average molecular weight is 290 g/mol. The first-order valence-electron chi connectivity index (χ1n) is 7.24. The molecule has 0 atom stereocenters. The lowest BCUT2D eigenvalue weighted by atomic mass is 9.96. The number of carboxylic acids is 1. The van der Waals surface area contributed by atoms with Gasteiger partial charge in [-0.25, -0.2) is 4.79 Å². The average Bonchev–Trinajstić information content (AvgIpc) is 2.49. The van der Waals surface area contributed by atoms with E-state index < -0.39 is 5.97 Å². The van der Waals surface area contributed by atoms with Gasteiger partial charge in [0.25, 0.3) is 5.91 Å². The minimum absolute atomic E-state index is 0.114. The fourth-order valence-corrected chi connectivity index (χ4v) is 2.72. The van der Waals surface area contributed by atoms with Crippen LogP contribution in [0.4, 0.5) is 0 Å². The molecule has 1 aliphatic rings. The van der Waals surface area contributed by atoms with Gasteiger partial charge >= 0.3 is 5.97 Å². The maximum absolute atomic E-state index is 12.4. The molecule has 114 valence electrons. The molecule has 1 aliphatic heterocycles. The third-order valence-electron chi connectivity index (χ3n) is 4.07. The highest BCUT2D eigenvalue weighted by Gasteiger charge is 2.21. The van der Waals surface area contributed by atoms with Crippen LogP contribution in [-0.2, 0) is 0 Å². The summed E-state index contributed by atoms with van der Waals surface area (Å²) < 4.78 is 0. The molecular formula is C16H22N2O3. The first-order valence-corrected chi connectivity index (χ1v) is 7.24. The SMILES string of the molecule is CN1CCC(CN(C)C(=O)c2cccc(C(=O)O)c2)CC1. The number of carbonyl (C=O) groups excluding carboxylic acids is 1. The van der Waals surface area contributed by atoms with E-state index in [0.29, 0.717) is 11.5 Å². The summed E-state index contributed by atoms with van der Waals surface area (Å²) in [7, 11) is 3.90. The van der Waals surface area contributed by atoms with Gasteiger partial charge in [-0.2, -0.15) is 0 Å². The summed E-state index contributed by atoms with van der Waals surface area (Å²) in [6.45, 7) is 2.87. The summed E-state index contributed by atoms with van der Waals surface area (Å²) in [5.41, 5.74) is 0.582. The number of hydrogen-bond acceptors (Lipinski definition) is 3. The van der Waals surface area contributed by atoms with E-state index >= 15 is 0 Å². The molecule has 5 heteroatoms. The number of amides is 1. The molecule has 21 heavy (non-hydrogen) atoms. The van der Waals surface area contributed by atoms with Gasteiger partial charge in [-0.3, -0.25) is 4.79 Å². The van der Waals surface area contributed by atoms with Gasteiger partial charge in [0.1, 0.15) is 0 Å². The summed E-state index contributed by atoms with van der Waals surface area (Å²) in [6.07, 6.45) is 2.20. The summed E-state index contributed by atoms with van der Waals surface area (Å²) in [4.78, 5) is 27.3. The second-order valence-corrected chi connectivity index (χ2v) is 5.82. The smallest absolute Gasteiger partial charge is 0.335 e. The fraction of sp³-hybridized carbons (Fsp3) is 0.500. The van der Waals surface area contributed by atoms with E-state index in [1.165, 1.54) is 12.1 Å². The fourth-order valence-electron chi connectivity index (χ4n) is 2.72. The molecule has 1 amide bonds. The first-order chi connectivity index (χ1) is 9.97. The predicted octanol–water partition coefficient (Wildman–Crippen LogP) is 1.80. The molecule has 0 aliphatic carbocycles. The van der Waals surface area contributed by atoms with E-state index in [-0.39, 0.29) is 11.5 Å². The third-order valence-corrected chi connectivity index (χ3v) is 4.07. The number of likely N-dealkylation sites (tertiary alicyclic amines) is 1. The molecule has 0 spiro atoms. The summed E-state index contributed by atoms with van der Waals surface area (Å²) >= 11 is 0. The molecule has 0 aromatic heterocycles. The third kappa shape index (κ3) is 4.04. The van der Waals surface area contributed by atoms with Gasteiger partial charge in [-0.1, -0.05) is 6.07 Å². The number of benzene rings is 1. The van der Waals surface area contributed by atoms with Crippen molar-refractivity contribution in [2.45, 2.75) is 12.8 Å². The lowest BCUT2D eigenvalue weighted by Crippen LogP contribution is -2.38. The van der Waals surface area contributed by atoms with Gasteiger partial charge in [-0.15, -0.1) is 0 Å². The van der Waals surface area contributed by atoms with Crippen molar-refractivity contribution in [1.29, 1.82) is 0 Å². The van der Waals surface area contributed by atoms with Crippen LogP contribution in [0.2, 0.25) is 0 Å². The van der Waals surface area contributed by atoms with E-state index in [4.69, 9.17) is 5.11 Å². The molecule has 0 radical (unpaired) electrons. The number of hydrogen-bond donors (Lipinski definition) is 1. The van der Waals surface area contributed by atoms with Gasteiger partial charge < -0.3 is 14.9 Å². The second kappa shape index (κ2) is 6.72. The Kier molecular flexibility index (Phi) is 4.96. The molecule has 0 bridgehead atoms. The van der Waals surface area contributed by atoms with Crippen molar-refractivity contribution in [3.05, 3.63) is 35.4 Å². The van der Waals surface area contributed by atoms with Crippen molar-refractivity contribution in [1.82, 2.24) is 9.80 Å². The second-order valence-electron chi connectivity index (χ2n) is 5.82. The zero-order chi connectivity index (χ0) is 15.4. The van der Waals surface area contributed by atoms with Crippen molar-refractivity contribution in [3.63, 3.8) is 0 Å². The van der Waals surface area contributed by atoms with Gasteiger partial charge in [0.2, 0.25) is 0 Å². The highest BCUT2D eigenvalue weighted by atomic mass is 16.4. The Labute approximate surface area is 125 Å². The number of piperidine rings is 1. The highest BCUT2D eigenvalue weighted by Crippen LogP contribution is 2.18. The van der Waals surface area contributed by atoms with Crippen LogP contribution >= 0.6 is 0 Å². The van der Waals surface area contributed by atoms with Crippen molar-refractivity contribution in [3.8, 4) is 0 Å². The molecule has 1 N–H and O–H groups in total. The monoisotopic (exact) mass is 290 g/mol. The quantitative estimate of drug-likeness (QED) is 0.918. The Bertz CT molecular complexity index is 522. The standard InChI is InChI=1S/C16H22N2O3/c1-17-8-6-12(7-9-17)11-18(2)15(19)13-4-3-5-14(10-13)16(20)21/h3-5,10,12H,6-9,11H2,1-2H3,(H,20,21). The molecule has 1 aromatic rings. The number of aromatic carboxylic acids is 1. The van der Waals surface area contributed by atoms with Crippen molar-refractivity contribution in [2.75, 3.05) is 33.7 Å². The molecule has 1 heterocycles. The minimum Gasteiger partial charge on any atom is -0.478 e. The zero-order valence-electron chi connectivity index (χ0n) is 12.6. The number of nitrogens with zero attached hydrogens (tertiary/aromatic N) is 2. The molecule has 5 nitrogen and oxygen atoms in total. The Balaban J connectivity index is 1.99. The van der Waals surface area contributed by atoms with Crippen LogP contribution in [0.3, 0.4) is 0 Å². The van der Waals surface area contributed by atoms with E-state index in [0.717, 1.165) is 32.5 Å². The molecule has 1 saturated heterocycles. The zero-order valence-corrected chi connectivity index (χ0v) is 12.6. The highest BCUT2D eigenvalue weighted by molar-refractivity contribution is 5.97. The maximum atomic E-state index is 12.4. The lowest BCUT2D eigenvalue weighted by molar-refractivity contribution is 0.0697. The maximum Gasteiger partial charge on any atom is 0.335 e. The van der Waals surface area contributed by atoms with Gasteiger partial charge in [0, 0.05) is 19.2 Å². The van der Waals surface area contributed by atoms with Crippen LogP contribution in [0, 0.1) is 5.92 Å².